The van der Waals surface area contributed by atoms with Crippen molar-refractivity contribution in [1.29, 1.82) is 0 Å². The van der Waals surface area contributed by atoms with Crippen LogP contribution in [0.3, 0.4) is 0 Å². The van der Waals surface area contributed by atoms with Gasteiger partial charge < -0.3 is 20.2 Å². The van der Waals surface area contributed by atoms with Crippen LogP contribution in [-0.2, 0) is 16.0 Å². The van der Waals surface area contributed by atoms with Crippen LogP contribution in [0.5, 0.6) is 0 Å². The Morgan fingerprint density at radius 3 is 2.69 bits per heavy atom. The standard InChI is InChI=1S/C16H16FN3O6/c1-16(23,8-11-3-2-6-26-11)9-18-14(21)15(22)19-10-4-5-12(17)13(7-10)20(24)25/h2-7,23H,8-9H2,1H3,(H,18,21)(H,19,22). The number of aliphatic hydroxyl groups is 1. The number of nitrogens with one attached hydrogen (secondary N) is 2. The number of hydrogen-bond acceptors (Lipinski definition) is 6. The van der Waals surface area contributed by atoms with Gasteiger partial charge in [-0.3, -0.25) is 19.7 Å². The zero-order valence-electron chi connectivity index (χ0n) is 13.7. The highest BCUT2D eigenvalue weighted by Gasteiger charge is 2.25. The fourth-order valence-corrected chi connectivity index (χ4v) is 2.12. The van der Waals surface area contributed by atoms with Crippen LogP contribution in [0, 0.1) is 15.9 Å². The Morgan fingerprint density at radius 1 is 1.35 bits per heavy atom. The van der Waals surface area contributed by atoms with Crippen LogP contribution >= 0.6 is 0 Å². The van der Waals surface area contributed by atoms with Crippen LogP contribution in [-0.4, -0.2) is 34.0 Å². The highest BCUT2D eigenvalue weighted by molar-refractivity contribution is 6.39. The molecule has 3 N–H and O–H groups in total. The van der Waals surface area contributed by atoms with E-state index in [1.807, 2.05) is 0 Å². The van der Waals surface area contributed by atoms with Crippen molar-refractivity contribution in [1.82, 2.24) is 5.32 Å². The van der Waals surface area contributed by atoms with Gasteiger partial charge in [-0.25, -0.2) is 0 Å². The number of carbonyl (C=O) groups excluding carboxylic acids is 2. The number of rotatable bonds is 6. The number of nitro benzene ring substituents is 1. The normalized spacial score (nSPS) is 12.9. The molecule has 0 saturated heterocycles. The van der Waals surface area contributed by atoms with E-state index in [1.54, 1.807) is 12.1 Å². The van der Waals surface area contributed by atoms with Crippen molar-refractivity contribution >= 4 is 23.2 Å². The summed E-state index contributed by atoms with van der Waals surface area (Å²) in [7, 11) is 0. The maximum absolute atomic E-state index is 13.3. The van der Waals surface area contributed by atoms with E-state index in [0.29, 0.717) is 5.76 Å². The van der Waals surface area contributed by atoms with E-state index >= 15 is 0 Å². The summed E-state index contributed by atoms with van der Waals surface area (Å²) in [6, 6.07) is 6.00. The third-order valence-electron chi connectivity index (χ3n) is 3.37. The Hall–Kier alpha value is -3.27. The molecule has 1 aromatic heterocycles. The molecule has 10 heteroatoms. The lowest BCUT2D eigenvalue weighted by Gasteiger charge is -2.22. The minimum atomic E-state index is -1.36. The van der Waals surface area contributed by atoms with Gasteiger partial charge >= 0.3 is 17.5 Å². The summed E-state index contributed by atoms with van der Waals surface area (Å²) in [5, 5.41) is 25.3. The van der Waals surface area contributed by atoms with Gasteiger partial charge in [0.25, 0.3) is 0 Å². The Bertz CT molecular complexity index is 819. The molecule has 2 aromatic rings. The van der Waals surface area contributed by atoms with Gasteiger partial charge in [-0.05, 0) is 31.2 Å². The highest BCUT2D eigenvalue weighted by Crippen LogP contribution is 2.21. The van der Waals surface area contributed by atoms with Crippen molar-refractivity contribution in [3.63, 3.8) is 0 Å². The Balaban J connectivity index is 1.92. The molecule has 0 radical (unpaired) electrons. The summed E-state index contributed by atoms with van der Waals surface area (Å²) in [6.45, 7) is 1.22. The predicted molar refractivity (Wildman–Crippen MR) is 87.7 cm³/mol. The number of halogens is 1. The lowest BCUT2D eigenvalue weighted by molar-refractivity contribution is -0.387. The molecule has 0 aliphatic carbocycles. The second-order valence-electron chi connectivity index (χ2n) is 5.81. The molecule has 0 bridgehead atoms. The second-order valence-corrected chi connectivity index (χ2v) is 5.81. The maximum atomic E-state index is 13.3. The van der Waals surface area contributed by atoms with Crippen molar-refractivity contribution < 1.29 is 28.4 Å². The minimum Gasteiger partial charge on any atom is -0.469 e. The number of furan rings is 1. The molecule has 0 aliphatic heterocycles. The summed E-state index contributed by atoms with van der Waals surface area (Å²) in [4.78, 5) is 33.4. The summed E-state index contributed by atoms with van der Waals surface area (Å²) < 4.78 is 18.4. The molecule has 138 valence electrons. The quantitative estimate of drug-likeness (QED) is 0.402. The van der Waals surface area contributed by atoms with Gasteiger partial charge in [-0.2, -0.15) is 4.39 Å². The van der Waals surface area contributed by atoms with E-state index in [4.69, 9.17) is 4.42 Å². The number of nitrogens with zero attached hydrogens (tertiary/aromatic N) is 1. The van der Waals surface area contributed by atoms with E-state index in [0.717, 1.165) is 18.2 Å². The fraction of sp³-hybridized carbons (Fsp3) is 0.250. The Morgan fingerprint density at radius 2 is 2.08 bits per heavy atom. The summed E-state index contributed by atoms with van der Waals surface area (Å²) >= 11 is 0. The molecule has 1 unspecified atom stereocenters. The monoisotopic (exact) mass is 365 g/mol. The van der Waals surface area contributed by atoms with E-state index in [9.17, 15) is 29.2 Å². The highest BCUT2D eigenvalue weighted by atomic mass is 19.1. The molecule has 0 fully saturated rings. The molecule has 9 nitrogen and oxygen atoms in total. The van der Waals surface area contributed by atoms with E-state index in [1.165, 1.54) is 13.2 Å². The van der Waals surface area contributed by atoms with E-state index in [-0.39, 0.29) is 18.7 Å². The minimum absolute atomic E-state index is 0.111. The van der Waals surface area contributed by atoms with Crippen LogP contribution in [0.2, 0.25) is 0 Å². The molecule has 2 amide bonds. The molecule has 1 atom stereocenters. The van der Waals surface area contributed by atoms with Gasteiger partial charge in [-0.1, -0.05) is 0 Å². The number of anilines is 1. The summed E-state index contributed by atoms with van der Waals surface area (Å²) in [5.74, 6) is -2.73. The molecule has 0 spiro atoms. The van der Waals surface area contributed by atoms with Crippen molar-refractivity contribution in [3.8, 4) is 0 Å². The van der Waals surface area contributed by atoms with Crippen molar-refractivity contribution in [2.24, 2.45) is 0 Å². The third kappa shape index (κ3) is 5.11. The van der Waals surface area contributed by atoms with Crippen LogP contribution in [0.4, 0.5) is 15.8 Å². The molecular weight excluding hydrogens is 349 g/mol. The summed E-state index contributed by atoms with van der Waals surface area (Å²) in [5.41, 5.74) is -2.30. The smallest absolute Gasteiger partial charge is 0.313 e. The molecule has 1 aromatic carbocycles. The van der Waals surface area contributed by atoms with Gasteiger partial charge in [0.05, 0.1) is 16.8 Å². The van der Waals surface area contributed by atoms with E-state index < -0.39 is 33.8 Å². The molecule has 2 rings (SSSR count). The third-order valence-corrected chi connectivity index (χ3v) is 3.37. The fourth-order valence-electron chi connectivity index (χ4n) is 2.12. The topological polar surface area (TPSA) is 135 Å². The summed E-state index contributed by atoms with van der Waals surface area (Å²) in [6.07, 6.45) is 1.56. The SMILES string of the molecule is CC(O)(CNC(=O)C(=O)Nc1ccc(F)c([N+](=O)[O-])c1)Cc1ccco1. The zero-order chi connectivity index (χ0) is 19.3. The van der Waals surface area contributed by atoms with Gasteiger partial charge in [0.15, 0.2) is 0 Å². The van der Waals surface area contributed by atoms with Gasteiger partial charge in [0.2, 0.25) is 5.82 Å². The molecule has 1 heterocycles. The number of benzene rings is 1. The van der Waals surface area contributed by atoms with Crippen molar-refractivity contribution in [3.05, 3.63) is 58.3 Å². The van der Waals surface area contributed by atoms with Crippen molar-refractivity contribution in [2.45, 2.75) is 18.9 Å². The van der Waals surface area contributed by atoms with Gasteiger partial charge in [0, 0.05) is 24.7 Å². The molecule has 0 aliphatic rings. The van der Waals surface area contributed by atoms with Crippen LogP contribution in [0.1, 0.15) is 12.7 Å². The first-order valence-corrected chi connectivity index (χ1v) is 7.46. The average molecular weight is 365 g/mol. The second kappa shape index (κ2) is 7.74. The number of hydrogen-bond donors (Lipinski definition) is 3. The molecule has 26 heavy (non-hydrogen) atoms. The number of carbonyl (C=O) groups is 2. The lowest BCUT2D eigenvalue weighted by Crippen LogP contribution is -2.45. The number of amides is 2. The van der Waals surface area contributed by atoms with Crippen LogP contribution in [0.25, 0.3) is 0 Å². The predicted octanol–water partition coefficient (Wildman–Crippen LogP) is 1.38. The first kappa shape index (κ1) is 19.1. The van der Waals surface area contributed by atoms with Crippen LogP contribution in [0.15, 0.2) is 41.0 Å². The first-order valence-electron chi connectivity index (χ1n) is 7.46. The van der Waals surface area contributed by atoms with Crippen molar-refractivity contribution in [2.75, 3.05) is 11.9 Å². The largest absolute Gasteiger partial charge is 0.469 e. The zero-order valence-corrected chi connectivity index (χ0v) is 13.7. The first-order chi connectivity index (χ1) is 12.2. The van der Waals surface area contributed by atoms with E-state index in [2.05, 4.69) is 10.6 Å². The van der Waals surface area contributed by atoms with Gasteiger partial charge in [-0.15, -0.1) is 0 Å². The van der Waals surface area contributed by atoms with Gasteiger partial charge in [0.1, 0.15) is 5.76 Å². The van der Waals surface area contributed by atoms with Crippen LogP contribution < -0.4 is 10.6 Å². The lowest BCUT2D eigenvalue weighted by atomic mass is 10.0. The molecule has 0 saturated carbocycles. The Labute approximate surface area is 147 Å². The Kier molecular flexibility index (Phi) is 5.68. The number of nitro groups is 1. The molecular formula is C16H16FN3O6. The average Bonchev–Trinajstić information content (AvgIpc) is 3.06. The maximum Gasteiger partial charge on any atom is 0.313 e.